The van der Waals surface area contributed by atoms with Crippen LogP contribution in [-0.4, -0.2) is 41.2 Å². The molecule has 2 aromatic carbocycles. The van der Waals surface area contributed by atoms with Crippen LogP contribution in [0, 0.1) is 14.8 Å². The van der Waals surface area contributed by atoms with Gasteiger partial charge in [-0.15, -0.1) is 0 Å². The van der Waals surface area contributed by atoms with Crippen LogP contribution in [0.1, 0.15) is 25.0 Å². The fourth-order valence-electron chi connectivity index (χ4n) is 3.73. The third-order valence-electron chi connectivity index (χ3n) is 5.50. The molecule has 0 saturated carbocycles. The average Bonchev–Trinajstić information content (AvgIpc) is 2.82. The number of fused-ring (bicyclic) bond motifs is 1. The second-order valence-corrected chi connectivity index (χ2v) is 8.05. The Hall–Kier alpha value is -3.99. The highest BCUT2D eigenvalue weighted by Gasteiger charge is 2.25. The van der Waals surface area contributed by atoms with E-state index in [1.807, 2.05) is 32.0 Å². The molecule has 0 aliphatic rings. The molecule has 2 N–H and O–H groups in total. The van der Waals surface area contributed by atoms with Gasteiger partial charge in [-0.25, -0.2) is 9.59 Å². The van der Waals surface area contributed by atoms with Crippen molar-refractivity contribution in [2.45, 2.75) is 32.9 Å². The number of nitro benzene ring substituents is 1. The van der Waals surface area contributed by atoms with Crippen LogP contribution in [0.4, 0.5) is 16.2 Å². The molecule has 0 spiro atoms. The standard InChI is InChI=1S/C24H25N3O7S/c1-3-26(4-2)17-9-10-18-16(12-22(35)34-21(18)13-17)14-33-24(30)25-19(23(28)29)11-15-7-5-6-8-20(15)27(31)32/h5-10,12-13,19H,3-4,11,14H2,1-2H3,(H,25,30)(H,28,29)/t19-/m0/s1. The first-order chi connectivity index (χ1) is 16.7. The highest BCUT2D eigenvalue weighted by Crippen LogP contribution is 2.26. The summed E-state index contributed by atoms with van der Waals surface area (Å²) in [6.45, 7) is 5.56. The van der Waals surface area contributed by atoms with E-state index in [9.17, 15) is 24.8 Å². The Labute approximate surface area is 206 Å². The molecule has 0 fully saturated rings. The minimum Gasteiger partial charge on any atom is -0.480 e. The molecule has 0 unspecified atom stereocenters. The predicted molar refractivity (Wildman–Crippen MR) is 132 cm³/mol. The summed E-state index contributed by atoms with van der Waals surface area (Å²) in [5.74, 6) is -1.35. The van der Waals surface area contributed by atoms with E-state index < -0.39 is 23.0 Å². The molecule has 0 aliphatic heterocycles. The van der Waals surface area contributed by atoms with Crippen molar-refractivity contribution in [3.8, 4) is 0 Å². The minimum absolute atomic E-state index is 0.176. The van der Waals surface area contributed by atoms with E-state index in [0.717, 1.165) is 18.8 Å². The third kappa shape index (κ3) is 6.33. The summed E-state index contributed by atoms with van der Waals surface area (Å²) in [6.07, 6.45) is -1.25. The van der Waals surface area contributed by atoms with Crippen LogP contribution in [0.3, 0.4) is 0 Å². The first-order valence-corrected chi connectivity index (χ1v) is 11.3. The van der Waals surface area contributed by atoms with Gasteiger partial charge in [0.25, 0.3) is 5.69 Å². The first-order valence-electron chi connectivity index (χ1n) is 10.9. The van der Waals surface area contributed by atoms with Crippen molar-refractivity contribution in [2.24, 2.45) is 0 Å². The van der Waals surface area contributed by atoms with Crippen molar-refractivity contribution in [1.82, 2.24) is 5.32 Å². The Morgan fingerprint density at radius 3 is 2.54 bits per heavy atom. The number of aliphatic carboxylic acids is 1. The van der Waals surface area contributed by atoms with Gasteiger partial charge in [0.15, 0.2) is 4.71 Å². The molecule has 0 bridgehead atoms. The number of nitro groups is 1. The van der Waals surface area contributed by atoms with Gasteiger partial charge in [0.05, 0.1) is 4.92 Å². The summed E-state index contributed by atoms with van der Waals surface area (Å²) < 4.78 is 11.2. The molecule has 0 saturated heterocycles. The van der Waals surface area contributed by atoms with E-state index in [1.165, 1.54) is 18.2 Å². The minimum atomic E-state index is -1.42. The Morgan fingerprint density at radius 1 is 1.17 bits per heavy atom. The van der Waals surface area contributed by atoms with Gasteiger partial charge in [0.2, 0.25) is 0 Å². The Morgan fingerprint density at radius 2 is 1.89 bits per heavy atom. The number of carbonyl (C=O) groups is 2. The zero-order valence-electron chi connectivity index (χ0n) is 19.2. The molecule has 1 aromatic heterocycles. The maximum Gasteiger partial charge on any atom is 0.408 e. The molecule has 1 amide bonds. The summed E-state index contributed by atoms with van der Waals surface area (Å²) in [6, 6.07) is 11.6. The molecular weight excluding hydrogens is 474 g/mol. The van der Waals surface area contributed by atoms with Crippen LogP contribution in [0.25, 0.3) is 11.0 Å². The van der Waals surface area contributed by atoms with Crippen LogP contribution in [0.15, 0.2) is 52.9 Å². The number of amides is 1. The van der Waals surface area contributed by atoms with E-state index >= 15 is 0 Å². The number of carboxylic acid groups (broad SMARTS) is 1. The Bertz CT molecular complexity index is 1300. The van der Waals surface area contributed by atoms with Crippen molar-refractivity contribution >= 4 is 46.6 Å². The molecule has 1 atom stereocenters. The molecule has 184 valence electrons. The fourth-order valence-corrected chi connectivity index (χ4v) is 3.96. The van der Waals surface area contributed by atoms with Crippen molar-refractivity contribution in [1.29, 1.82) is 0 Å². The smallest absolute Gasteiger partial charge is 0.408 e. The maximum absolute atomic E-state index is 12.4. The summed E-state index contributed by atoms with van der Waals surface area (Å²) in [5.41, 5.74) is 2.07. The highest BCUT2D eigenvalue weighted by atomic mass is 32.1. The largest absolute Gasteiger partial charge is 0.480 e. The number of ether oxygens (including phenoxy) is 1. The summed E-state index contributed by atoms with van der Waals surface area (Å²) in [5, 5.41) is 23.7. The molecule has 3 rings (SSSR count). The van der Waals surface area contributed by atoms with Gasteiger partial charge in [-0.3, -0.25) is 10.1 Å². The highest BCUT2D eigenvalue weighted by molar-refractivity contribution is 7.71. The molecular formula is C24H25N3O7S. The lowest BCUT2D eigenvalue weighted by Gasteiger charge is -2.21. The second kappa shape index (κ2) is 11.4. The number of carboxylic acids is 1. The van der Waals surface area contributed by atoms with E-state index in [0.29, 0.717) is 16.5 Å². The summed E-state index contributed by atoms with van der Waals surface area (Å²) in [4.78, 5) is 36.8. The zero-order chi connectivity index (χ0) is 25.5. The molecule has 0 radical (unpaired) electrons. The van der Waals surface area contributed by atoms with Crippen LogP contribution in [0.5, 0.6) is 0 Å². The normalized spacial score (nSPS) is 11.6. The van der Waals surface area contributed by atoms with E-state index in [2.05, 4.69) is 10.2 Å². The van der Waals surface area contributed by atoms with E-state index in [1.54, 1.807) is 12.1 Å². The third-order valence-corrected chi connectivity index (χ3v) is 5.70. The lowest BCUT2D eigenvalue weighted by atomic mass is 10.0. The van der Waals surface area contributed by atoms with Crippen LogP contribution in [-0.2, 0) is 22.6 Å². The number of hydrogen-bond acceptors (Lipinski definition) is 8. The van der Waals surface area contributed by atoms with E-state index in [-0.39, 0.29) is 29.0 Å². The number of anilines is 1. The van der Waals surface area contributed by atoms with Crippen LogP contribution < -0.4 is 10.2 Å². The number of nitrogens with zero attached hydrogens (tertiary/aromatic N) is 2. The van der Waals surface area contributed by atoms with Gasteiger partial charge in [0.1, 0.15) is 18.2 Å². The quantitative estimate of drug-likeness (QED) is 0.228. The molecule has 10 nitrogen and oxygen atoms in total. The average molecular weight is 500 g/mol. The van der Waals surface area contributed by atoms with Gasteiger partial charge < -0.3 is 24.5 Å². The fraction of sp³-hybridized carbons (Fsp3) is 0.292. The number of rotatable bonds is 10. The second-order valence-electron chi connectivity index (χ2n) is 7.64. The number of para-hydroxylation sites is 1. The number of alkyl carbamates (subject to hydrolysis) is 1. The SMILES string of the molecule is CCN(CC)c1ccc2c(COC(=O)N[C@@H](Cc3ccccc3[N+](=O)[O-])C(=O)O)cc(=S)oc2c1. The Kier molecular flexibility index (Phi) is 8.37. The Balaban J connectivity index is 1.74. The van der Waals surface area contributed by atoms with Gasteiger partial charge in [-0.05, 0) is 44.3 Å². The van der Waals surface area contributed by atoms with Crippen LogP contribution in [0.2, 0.25) is 0 Å². The first kappa shape index (κ1) is 25.6. The number of nitrogens with one attached hydrogen (secondary N) is 1. The molecule has 0 aliphatic carbocycles. The summed E-state index contributed by atoms with van der Waals surface area (Å²) in [7, 11) is 0. The van der Waals surface area contributed by atoms with Gasteiger partial charge in [-0.1, -0.05) is 18.2 Å². The predicted octanol–water partition coefficient (Wildman–Crippen LogP) is 4.84. The van der Waals surface area contributed by atoms with Crippen LogP contribution >= 0.6 is 12.2 Å². The number of benzene rings is 2. The van der Waals surface area contributed by atoms with Crippen molar-refractivity contribution in [3.63, 3.8) is 0 Å². The maximum atomic E-state index is 12.4. The molecule has 11 heteroatoms. The van der Waals surface area contributed by atoms with Crippen molar-refractivity contribution in [3.05, 3.63) is 74.5 Å². The lowest BCUT2D eigenvalue weighted by molar-refractivity contribution is -0.385. The molecule has 35 heavy (non-hydrogen) atoms. The van der Waals surface area contributed by atoms with Crippen molar-refractivity contribution < 1.29 is 28.8 Å². The number of carbonyl (C=O) groups excluding carboxylic acids is 1. The number of hydrogen-bond donors (Lipinski definition) is 2. The van der Waals surface area contributed by atoms with E-state index in [4.69, 9.17) is 21.4 Å². The molecule has 1 heterocycles. The summed E-state index contributed by atoms with van der Waals surface area (Å²) >= 11 is 5.21. The molecule has 3 aromatic rings. The van der Waals surface area contributed by atoms with Gasteiger partial charge in [0, 0.05) is 53.8 Å². The zero-order valence-corrected chi connectivity index (χ0v) is 20.0. The van der Waals surface area contributed by atoms with Gasteiger partial charge in [-0.2, -0.15) is 0 Å². The monoisotopic (exact) mass is 499 g/mol. The van der Waals surface area contributed by atoms with Gasteiger partial charge >= 0.3 is 12.1 Å². The van der Waals surface area contributed by atoms with Crippen molar-refractivity contribution in [2.75, 3.05) is 18.0 Å². The lowest BCUT2D eigenvalue weighted by Crippen LogP contribution is -2.42. The topological polar surface area (TPSA) is 135 Å².